The van der Waals surface area contributed by atoms with E-state index in [2.05, 4.69) is 36.5 Å². The number of ether oxygens (including phenoxy) is 1. The molecule has 3 rings (SSSR count). The lowest BCUT2D eigenvalue weighted by molar-refractivity contribution is 0.105. The van der Waals surface area contributed by atoms with E-state index in [1.807, 2.05) is 0 Å². The van der Waals surface area contributed by atoms with Crippen LogP contribution >= 0.6 is 0 Å². The van der Waals surface area contributed by atoms with Crippen LogP contribution in [0.15, 0.2) is 24.3 Å². The van der Waals surface area contributed by atoms with Crippen LogP contribution in [0.3, 0.4) is 0 Å². The molecule has 2 aliphatic rings. The SMILES string of the molecule is CC1OCCC1CNCc1ccc(C2CC2)cc1. The summed E-state index contributed by atoms with van der Waals surface area (Å²) in [5.41, 5.74) is 2.92. The molecule has 1 saturated heterocycles. The first-order valence-corrected chi connectivity index (χ1v) is 7.24. The van der Waals surface area contributed by atoms with Crippen LogP contribution in [0.1, 0.15) is 43.2 Å². The van der Waals surface area contributed by atoms with Crippen LogP contribution in [0.5, 0.6) is 0 Å². The summed E-state index contributed by atoms with van der Waals surface area (Å²) < 4.78 is 5.58. The molecule has 2 heteroatoms. The van der Waals surface area contributed by atoms with Crippen molar-refractivity contribution in [3.63, 3.8) is 0 Å². The third-order valence-electron chi connectivity index (χ3n) is 4.30. The van der Waals surface area contributed by atoms with Crippen molar-refractivity contribution in [1.82, 2.24) is 5.32 Å². The molecular weight excluding hydrogens is 222 g/mol. The maximum Gasteiger partial charge on any atom is 0.0588 e. The maximum absolute atomic E-state index is 5.58. The lowest BCUT2D eigenvalue weighted by Crippen LogP contribution is -2.26. The van der Waals surface area contributed by atoms with Crippen LogP contribution in [-0.2, 0) is 11.3 Å². The summed E-state index contributed by atoms with van der Waals surface area (Å²) in [5.74, 6) is 1.55. The lowest BCUT2D eigenvalue weighted by Gasteiger charge is -2.14. The fraction of sp³-hybridized carbons (Fsp3) is 0.625. The van der Waals surface area contributed by atoms with Crippen LogP contribution in [0.25, 0.3) is 0 Å². The highest BCUT2D eigenvalue weighted by atomic mass is 16.5. The zero-order valence-corrected chi connectivity index (χ0v) is 11.2. The molecule has 2 nitrogen and oxygen atoms in total. The van der Waals surface area contributed by atoms with Crippen LogP contribution < -0.4 is 5.32 Å². The summed E-state index contributed by atoms with van der Waals surface area (Å²) in [6.07, 6.45) is 4.40. The number of hydrogen-bond acceptors (Lipinski definition) is 2. The quantitative estimate of drug-likeness (QED) is 0.860. The van der Waals surface area contributed by atoms with Crippen LogP contribution in [0.2, 0.25) is 0 Å². The summed E-state index contributed by atoms with van der Waals surface area (Å²) in [6, 6.07) is 9.15. The lowest BCUT2D eigenvalue weighted by atomic mass is 10.0. The molecule has 1 aliphatic carbocycles. The third kappa shape index (κ3) is 2.93. The minimum Gasteiger partial charge on any atom is -0.378 e. The molecule has 0 aromatic heterocycles. The van der Waals surface area contributed by atoms with E-state index in [9.17, 15) is 0 Å². The van der Waals surface area contributed by atoms with Crippen LogP contribution in [-0.4, -0.2) is 19.3 Å². The van der Waals surface area contributed by atoms with Crippen molar-refractivity contribution in [2.75, 3.05) is 13.2 Å². The molecule has 1 heterocycles. The number of nitrogens with one attached hydrogen (secondary N) is 1. The van der Waals surface area contributed by atoms with Crippen molar-refractivity contribution in [3.8, 4) is 0 Å². The molecule has 2 atom stereocenters. The van der Waals surface area contributed by atoms with Gasteiger partial charge >= 0.3 is 0 Å². The molecule has 1 N–H and O–H groups in total. The summed E-state index contributed by atoms with van der Waals surface area (Å²) >= 11 is 0. The molecule has 1 saturated carbocycles. The van der Waals surface area contributed by atoms with E-state index in [1.165, 1.54) is 30.4 Å². The van der Waals surface area contributed by atoms with Crippen molar-refractivity contribution < 1.29 is 4.74 Å². The van der Waals surface area contributed by atoms with E-state index >= 15 is 0 Å². The van der Waals surface area contributed by atoms with Crippen molar-refractivity contribution in [3.05, 3.63) is 35.4 Å². The standard InChI is InChI=1S/C16H23NO/c1-12-16(8-9-18-12)11-17-10-13-2-4-14(5-3-13)15-6-7-15/h2-5,12,15-17H,6-11H2,1H3. The van der Waals surface area contributed by atoms with Crippen LogP contribution in [0.4, 0.5) is 0 Å². The second-order valence-electron chi connectivity index (χ2n) is 5.77. The van der Waals surface area contributed by atoms with E-state index in [0.717, 1.165) is 25.6 Å². The third-order valence-corrected chi connectivity index (χ3v) is 4.30. The molecule has 0 amide bonds. The molecule has 18 heavy (non-hydrogen) atoms. The zero-order valence-electron chi connectivity index (χ0n) is 11.2. The van der Waals surface area contributed by atoms with Gasteiger partial charge in [-0.3, -0.25) is 0 Å². The minimum absolute atomic E-state index is 0.426. The second-order valence-corrected chi connectivity index (χ2v) is 5.77. The van der Waals surface area contributed by atoms with Crippen molar-refractivity contribution in [1.29, 1.82) is 0 Å². The van der Waals surface area contributed by atoms with Gasteiger partial charge in [-0.1, -0.05) is 24.3 Å². The molecule has 1 aliphatic heterocycles. The first-order valence-electron chi connectivity index (χ1n) is 7.24. The van der Waals surface area contributed by atoms with Gasteiger partial charge < -0.3 is 10.1 Å². The number of benzene rings is 1. The summed E-state index contributed by atoms with van der Waals surface area (Å²) in [6.45, 7) is 5.17. The summed E-state index contributed by atoms with van der Waals surface area (Å²) in [4.78, 5) is 0. The molecule has 1 aromatic carbocycles. The smallest absolute Gasteiger partial charge is 0.0588 e. The largest absolute Gasteiger partial charge is 0.378 e. The topological polar surface area (TPSA) is 21.3 Å². The Hall–Kier alpha value is -0.860. The summed E-state index contributed by atoms with van der Waals surface area (Å²) in [5, 5.41) is 3.56. The Kier molecular flexibility index (Phi) is 3.67. The molecule has 0 radical (unpaired) electrons. The Bertz CT molecular complexity index is 383. The van der Waals surface area contributed by atoms with E-state index in [4.69, 9.17) is 4.74 Å². The van der Waals surface area contributed by atoms with Gasteiger partial charge in [0.25, 0.3) is 0 Å². The van der Waals surface area contributed by atoms with Gasteiger partial charge in [0.05, 0.1) is 6.10 Å². The first-order chi connectivity index (χ1) is 8.83. The highest BCUT2D eigenvalue weighted by Gasteiger charge is 2.24. The maximum atomic E-state index is 5.58. The van der Waals surface area contributed by atoms with Gasteiger partial charge in [-0.25, -0.2) is 0 Å². The van der Waals surface area contributed by atoms with Crippen molar-refractivity contribution >= 4 is 0 Å². The molecule has 0 bridgehead atoms. The fourth-order valence-corrected chi connectivity index (χ4v) is 2.77. The number of hydrogen-bond donors (Lipinski definition) is 1. The Morgan fingerprint density at radius 2 is 1.94 bits per heavy atom. The van der Waals surface area contributed by atoms with E-state index in [0.29, 0.717) is 12.0 Å². The number of rotatable bonds is 5. The minimum atomic E-state index is 0.426. The average Bonchev–Trinajstić information content (AvgIpc) is 3.16. The van der Waals surface area contributed by atoms with E-state index in [-0.39, 0.29) is 0 Å². The first kappa shape index (κ1) is 12.2. The molecule has 98 valence electrons. The predicted octanol–water partition coefficient (Wildman–Crippen LogP) is 3.08. The van der Waals surface area contributed by atoms with E-state index < -0.39 is 0 Å². The molecule has 2 unspecified atom stereocenters. The molecule has 2 fully saturated rings. The summed E-state index contributed by atoms with van der Waals surface area (Å²) in [7, 11) is 0. The van der Waals surface area contributed by atoms with Gasteiger partial charge in [0.2, 0.25) is 0 Å². The van der Waals surface area contributed by atoms with Crippen molar-refractivity contribution in [2.45, 2.75) is 44.8 Å². The Morgan fingerprint density at radius 3 is 2.56 bits per heavy atom. The van der Waals surface area contributed by atoms with Gasteiger partial charge in [0.1, 0.15) is 0 Å². The highest BCUT2D eigenvalue weighted by Crippen LogP contribution is 2.39. The van der Waals surface area contributed by atoms with E-state index in [1.54, 1.807) is 0 Å². The Balaban J connectivity index is 1.44. The monoisotopic (exact) mass is 245 g/mol. The molecular formula is C16H23NO. The van der Waals surface area contributed by atoms with Crippen LogP contribution in [0, 0.1) is 5.92 Å². The van der Waals surface area contributed by atoms with Gasteiger partial charge in [-0.15, -0.1) is 0 Å². The predicted molar refractivity (Wildman–Crippen MR) is 73.6 cm³/mol. The zero-order chi connectivity index (χ0) is 12.4. The van der Waals surface area contributed by atoms with Crippen molar-refractivity contribution in [2.24, 2.45) is 5.92 Å². The fourth-order valence-electron chi connectivity index (χ4n) is 2.77. The average molecular weight is 245 g/mol. The van der Waals surface area contributed by atoms with Gasteiger partial charge in [0, 0.05) is 19.7 Å². The molecule has 0 spiro atoms. The Labute approximate surface area is 110 Å². The van der Waals surface area contributed by atoms with Gasteiger partial charge in [-0.2, -0.15) is 0 Å². The Morgan fingerprint density at radius 1 is 1.17 bits per heavy atom. The highest BCUT2D eigenvalue weighted by molar-refractivity contribution is 5.27. The normalized spacial score (nSPS) is 27.6. The van der Waals surface area contributed by atoms with Gasteiger partial charge in [-0.05, 0) is 49.1 Å². The second kappa shape index (κ2) is 5.41. The molecule has 1 aromatic rings. The van der Waals surface area contributed by atoms with Gasteiger partial charge in [0.15, 0.2) is 0 Å².